The zero-order valence-corrected chi connectivity index (χ0v) is 29.7. The third-order valence-electron chi connectivity index (χ3n) is 13.9. The van der Waals surface area contributed by atoms with Gasteiger partial charge >= 0.3 is 63.3 Å². The summed E-state index contributed by atoms with van der Waals surface area (Å²) in [6.07, 6.45) is 13.8. The molecule has 1 unspecified atom stereocenters. The first-order valence-corrected chi connectivity index (χ1v) is 15.5. The van der Waals surface area contributed by atoms with Crippen molar-refractivity contribution in [3.05, 3.63) is 23.8 Å². The van der Waals surface area contributed by atoms with Gasteiger partial charge in [-0.3, -0.25) is 4.79 Å². The molecule has 0 amide bonds. The average molecular weight is 593 g/mol. The van der Waals surface area contributed by atoms with Crippen LogP contribution in [0.5, 0.6) is 0 Å². The molecule has 0 aromatic heterocycles. The van der Waals surface area contributed by atoms with Crippen molar-refractivity contribution >= 4 is 17.9 Å². The summed E-state index contributed by atoms with van der Waals surface area (Å²) in [6.45, 7) is 16.4. The van der Waals surface area contributed by atoms with Crippen molar-refractivity contribution in [1.29, 1.82) is 0 Å². The molecule has 0 aromatic rings. The summed E-state index contributed by atoms with van der Waals surface area (Å²) in [5.74, 6) is -1.46. The van der Waals surface area contributed by atoms with Gasteiger partial charge in [0.2, 0.25) is 0 Å². The normalized spacial score (nSPS) is 46.5. The first kappa shape index (κ1) is 33.4. The summed E-state index contributed by atoms with van der Waals surface area (Å²) in [5, 5.41) is 20.9. The zero-order chi connectivity index (χ0) is 29.5. The van der Waals surface area contributed by atoms with E-state index in [0.717, 1.165) is 76.4 Å². The molecule has 0 bridgehead atoms. The summed E-state index contributed by atoms with van der Waals surface area (Å²) < 4.78 is 5.85. The van der Waals surface area contributed by atoms with Crippen molar-refractivity contribution < 1.29 is 80.7 Å². The fourth-order valence-electron chi connectivity index (χ4n) is 11.0. The number of ether oxygens (including phenoxy) is 1. The first-order chi connectivity index (χ1) is 18.4. The number of esters is 1. The van der Waals surface area contributed by atoms with E-state index in [-0.39, 0.29) is 84.6 Å². The van der Waals surface area contributed by atoms with Gasteiger partial charge in [0.15, 0.2) is 0 Å². The van der Waals surface area contributed by atoms with E-state index < -0.39 is 23.3 Å². The Morgan fingerprint density at radius 3 is 2.20 bits per heavy atom. The molecule has 5 aliphatic carbocycles. The molecule has 0 heterocycles. The Kier molecular flexibility index (Phi) is 8.85. The predicted octanol–water partition coefficient (Wildman–Crippen LogP) is 3.09. The minimum Gasteiger partial charge on any atom is -0.545 e. The van der Waals surface area contributed by atoms with Gasteiger partial charge in [-0.15, -0.1) is 0 Å². The quantitative estimate of drug-likeness (QED) is 0.233. The van der Waals surface area contributed by atoms with Crippen LogP contribution in [0.3, 0.4) is 0 Å². The number of carbonyl (C=O) groups excluding carboxylic acids is 2. The van der Waals surface area contributed by atoms with E-state index in [0.29, 0.717) is 17.8 Å². The predicted molar refractivity (Wildman–Crippen MR) is 151 cm³/mol. The monoisotopic (exact) mass is 592 g/mol. The summed E-state index contributed by atoms with van der Waals surface area (Å²) in [7, 11) is 0. The van der Waals surface area contributed by atoms with E-state index in [4.69, 9.17) is 4.74 Å². The Bertz CT molecular complexity index is 1170. The van der Waals surface area contributed by atoms with E-state index in [9.17, 15) is 24.6 Å². The fraction of sp³-hybridized carbons (Fsp3) is 0.794. The maximum atomic E-state index is 12.4. The molecule has 0 aromatic carbocycles. The Labute approximate surface area is 288 Å². The van der Waals surface area contributed by atoms with Crippen LogP contribution in [0.4, 0.5) is 0 Å². The molecule has 41 heavy (non-hydrogen) atoms. The largest absolute Gasteiger partial charge is 1.00 e. The second kappa shape index (κ2) is 10.9. The van der Waals surface area contributed by atoms with Crippen LogP contribution >= 0.6 is 0 Å². The molecule has 0 saturated heterocycles. The van der Waals surface area contributed by atoms with Crippen molar-refractivity contribution in [3.63, 3.8) is 0 Å². The second-order valence-corrected chi connectivity index (χ2v) is 16.0. The minimum absolute atomic E-state index is 0. The van der Waals surface area contributed by atoms with Crippen LogP contribution in [0.15, 0.2) is 23.8 Å². The zero-order valence-electron chi connectivity index (χ0n) is 26.6. The van der Waals surface area contributed by atoms with Crippen molar-refractivity contribution in [3.8, 4) is 0 Å². The first-order valence-electron chi connectivity index (χ1n) is 15.5. The average Bonchev–Trinajstić information content (AvgIpc) is 2.86. The summed E-state index contributed by atoms with van der Waals surface area (Å²) >= 11 is 0. The second-order valence-electron chi connectivity index (χ2n) is 16.0. The molecule has 1 N–H and O–H groups in total. The molecule has 5 aliphatic rings. The van der Waals surface area contributed by atoms with Crippen molar-refractivity contribution in [1.82, 2.24) is 0 Å². The van der Waals surface area contributed by atoms with Gasteiger partial charge in [-0.1, -0.05) is 53.2 Å². The van der Waals surface area contributed by atoms with E-state index >= 15 is 0 Å². The summed E-state index contributed by atoms with van der Waals surface area (Å²) in [5.41, 5.74) is 1.11. The molecule has 0 spiro atoms. The summed E-state index contributed by atoms with van der Waals surface area (Å²) in [6, 6.07) is 0. The van der Waals surface area contributed by atoms with E-state index in [1.807, 2.05) is 6.92 Å². The molecule has 5 rings (SSSR count). The van der Waals surface area contributed by atoms with Gasteiger partial charge in [0, 0.05) is 11.5 Å². The van der Waals surface area contributed by atoms with Gasteiger partial charge in [-0.05, 0) is 117 Å². The molecule has 6 nitrogen and oxygen atoms in total. The van der Waals surface area contributed by atoms with Gasteiger partial charge in [-0.25, -0.2) is 4.79 Å². The van der Waals surface area contributed by atoms with E-state index in [1.165, 1.54) is 0 Å². The Hall–Kier alpha value is -0.474. The number of carboxylic acid groups (broad SMARTS) is 2. The van der Waals surface area contributed by atoms with Crippen LogP contribution in [0.25, 0.3) is 0 Å². The van der Waals surface area contributed by atoms with Crippen LogP contribution < -0.4 is 56.5 Å². The maximum Gasteiger partial charge on any atom is 1.00 e. The van der Waals surface area contributed by atoms with Gasteiger partial charge in [0.25, 0.3) is 0 Å². The smallest absolute Gasteiger partial charge is 0.545 e. The molecular formula is C34H49KO6. The van der Waals surface area contributed by atoms with E-state index in [1.54, 1.807) is 5.57 Å². The van der Waals surface area contributed by atoms with Gasteiger partial charge < -0.3 is 19.7 Å². The Balaban J connectivity index is 0.00000387. The molecule has 7 heteroatoms. The van der Waals surface area contributed by atoms with Crippen molar-refractivity contribution in [2.45, 2.75) is 119 Å². The van der Waals surface area contributed by atoms with Crippen LogP contribution in [-0.2, 0) is 19.1 Å². The number of carboxylic acids is 2. The van der Waals surface area contributed by atoms with Crippen LogP contribution in [0.2, 0.25) is 0 Å². The number of hydrogen-bond donors (Lipinski definition) is 1. The molecular weight excluding hydrogens is 543 g/mol. The maximum absolute atomic E-state index is 12.4. The van der Waals surface area contributed by atoms with Crippen LogP contribution in [0.1, 0.15) is 113 Å². The number of hydrogen-bond acceptors (Lipinski definition) is 5. The fourth-order valence-corrected chi connectivity index (χ4v) is 11.0. The number of allylic oxidation sites excluding steroid dienone is 2. The standard InChI is InChI=1S/C34H50O6.K/c1-29(2)23-12-15-34(7)24(32(23,5)14-13-25(29)40-27(37)11-10-26(35)36)9-8-21-22-20-31(4,28(38)39)17-16-30(22,3)18-19-33(21,34)6;/h8,10-11,22-25H,9,12-20H2,1-7H3,(H,35,36)(H,38,39);/q;+1/p-1/b11-10+;/t22-,23-,24+,25?,30+,31-,32-,33+,34+;/m0./s1. The van der Waals surface area contributed by atoms with Gasteiger partial charge in [0.05, 0.1) is 11.4 Å². The number of fused-ring (bicyclic) bond motifs is 7. The molecule has 0 radical (unpaired) electrons. The molecule has 222 valence electrons. The number of carbonyl (C=O) groups is 3. The van der Waals surface area contributed by atoms with Gasteiger partial charge in [0.1, 0.15) is 6.10 Å². The van der Waals surface area contributed by atoms with Crippen LogP contribution in [-0.4, -0.2) is 29.1 Å². The van der Waals surface area contributed by atoms with Crippen molar-refractivity contribution in [2.75, 3.05) is 0 Å². The van der Waals surface area contributed by atoms with E-state index in [2.05, 4.69) is 47.6 Å². The molecule has 4 fully saturated rings. The van der Waals surface area contributed by atoms with Crippen molar-refractivity contribution in [2.24, 2.45) is 50.2 Å². The Morgan fingerprint density at radius 2 is 1.56 bits per heavy atom. The summed E-state index contributed by atoms with van der Waals surface area (Å²) in [4.78, 5) is 35.5. The third-order valence-corrected chi connectivity index (χ3v) is 13.9. The van der Waals surface area contributed by atoms with Crippen LogP contribution in [0, 0.1) is 50.2 Å². The minimum atomic E-state index is -1.40. The third kappa shape index (κ3) is 5.00. The molecule has 0 aliphatic heterocycles. The molecule has 4 saturated carbocycles. The number of aliphatic carboxylic acids is 2. The SMILES string of the molecule is CC1(C)C(OC(=O)/C=C/C(=O)[O-])CC[C@]2(C)[C@H]3CC=C4[C@@H]5C[C@@](C)(C(=O)O)CC[C@]5(C)CC[C@@]4(C)[C@]3(C)CC[C@@H]12.[K+]. The van der Waals surface area contributed by atoms with Gasteiger partial charge in [-0.2, -0.15) is 0 Å². The topological polar surface area (TPSA) is 104 Å². The number of rotatable bonds is 4. The Morgan fingerprint density at radius 1 is 0.902 bits per heavy atom. The molecule has 9 atom stereocenters.